The Morgan fingerprint density at radius 2 is 1.82 bits per heavy atom. The molecule has 5 nitrogen and oxygen atoms in total. The van der Waals surface area contributed by atoms with Crippen LogP contribution in [0.15, 0.2) is 64.5 Å². The summed E-state index contributed by atoms with van der Waals surface area (Å²) in [6.45, 7) is 4.56. The van der Waals surface area contributed by atoms with Crippen LogP contribution in [0, 0.1) is 0 Å². The second-order valence-electron chi connectivity index (χ2n) is 6.44. The van der Waals surface area contributed by atoms with E-state index in [0.29, 0.717) is 35.6 Å². The van der Waals surface area contributed by atoms with E-state index in [2.05, 4.69) is 0 Å². The molecule has 0 aliphatic rings. The second-order valence-corrected chi connectivity index (χ2v) is 7.61. The van der Waals surface area contributed by atoms with Crippen molar-refractivity contribution in [2.45, 2.75) is 43.6 Å². The highest BCUT2D eigenvalue weighted by Gasteiger charge is 2.24. The van der Waals surface area contributed by atoms with E-state index in [0.717, 1.165) is 12.0 Å². The van der Waals surface area contributed by atoms with Gasteiger partial charge in [0.2, 0.25) is 0 Å². The fourth-order valence-corrected chi connectivity index (χ4v) is 4.19. The number of ether oxygens (including phenoxy) is 1. The van der Waals surface area contributed by atoms with Crippen LogP contribution in [0.4, 0.5) is 0 Å². The van der Waals surface area contributed by atoms with Crippen molar-refractivity contribution in [2.75, 3.05) is 6.61 Å². The predicted octanol–water partition coefficient (Wildman–Crippen LogP) is 4.27. The number of carbonyl (C=O) groups is 1. The first kappa shape index (κ1) is 20.1. The van der Waals surface area contributed by atoms with Crippen LogP contribution >= 0.6 is 11.8 Å². The van der Waals surface area contributed by atoms with Gasteiger partial charge in [-0.2, -0.15) is 0 Å². The molecule has 0 fully saturated rings. The summed E-state index contributed by atoms with van der Waals surface area (Å²) in [5.74, 6) is -0.261. The molecule has 0 aliphatic heterocycles. The van der Waals surface area contributed by atoms with Gasteiger partial charge in [-0.25, -0.2) is 4.98 Å². The number of thioether (sulfide) groups is 1. The van der Waals surface area contributed by atoms with Crippen molar-refractivity contribution in [3.8, 4) is 0 Å². The maximum atomic E-state index is 13.2. The number of hydrogen-bond donors (Lipinski definition) is 0. The van der Waals surface area contributed by atoms with E-state index in [9.17, 15) is 9.59 Å². The molecule has 28 heavy (non-hydrogen) atoms. The molecule has 3 rings (SSSR count). The van der Waals surface area contributed by atoms with Crippen LogP contribution in [0.25, 0.3) is 10.9 Å². The first-order valence-corrected chi connectivity index (χ1v) is 10.4. The van der Waals surface area contributed by atoms with Crippen molar-refractivity contribution in [2.24, 2.45) is 0 Å². The number of carbonyl (C=O) groups excluding carboxylic acids is 1. The van der Waals surface area contributed by atoms with E-state index in [1.165, 1.54) is 11.8 Å². The van der Waals surface area contributed by atoms with E-state index in [4.69, 9.17) is 9.72 Å². The van der Waals surface area contributed by atoms with Gasteiger partial charge in [0.15, 0.2) is 5.16 Å². The zero-order valence-corrected chi connectivity index (χ0v) is 16.9. The van der Waals surface area contributed by atoms with Crippen LogP contribution in [0.1, 0.15) is 32.3 Å². The van der Waals surface area contributed by atoms with E-state index >= 15 is 0 Å². The zero-order valence-electron chi connectivity index (χ0n) is 16.1. The molecule has 0 N–H and O–H groups in total. The van der Waals surface area contributed by atoms with E-state index in [1.807, 2.05) is 55.5 Å². The van der Waals surface area contributed by atoms with Crippen LogP contribution in [0.5, 0.6) is 0 Å². The Kier molecular flexibility index (Phi) is 6.87. The highest BCUT2D eigenvalue weighted by molar-refractivity contribution is 8.00. The zero-order chi connectivity index (χ0) is 19.9. The van der Waals surface area contributed by atoms with E-state index in [1.54, 1.807) is 17.6 Å². The molecule has 0 radical (unpaired) electrons. The molecular weight excluding hydrogens is 372 g/mol. The third-order valence-electron chi connectivity index (χ3n) is 4.36. The van der Waals surface area contributed by atoms with Gasteiger partial charge in [0, 0.05) is 0 Å². The number of aromatic nitrogens is 2. The Bertz CT molecular complexity index is 1000. The third-order valence-corrected chi connectivity index (χ3v) is 5.59. The molecule has 6 heteroatoms. The first-order chi connectivity index (χ1) is 13.6. The highest BCUT2D eigenvalue weighted by Crippen LogP contribution is 2.27. The van der Waals surface area contributed by atoms with Gasteiger partial charge in [-0.3, -0.25) is 14.2 Å². The van der Waals surface area contributed by atoms with Crippen LogP contribution in [0.2, 0.25) is 0 Å². The van der Waals surface area contributed by atoms with Gasteiger partial charge in [-0.1, -0.05) is 67.6 Å². The Labute approximate surface area is 168 Å². The molecule has 0 unspecified atom stereocenters. The molecular formula is C22H24N2O3S. The maximum absolute atomic E-state index is 13.2. The summed E-state index contributed by atoms with van der Waals surface area (Å²) in [4.78, 5) is 30.3. The summed E-state index contributed by atoms with van der Waals surface area (Å²) < 4.78 is 6.89. The number of nitrogens with zero attached hydrogens (tertiary/aromatic N) is 2. The monoisotopic (exact) mass is 396 g/mol. The summed E-state index contributed by atoms with van der Waals surface area (Å²) in [6, 6.07) is 17.1. The lowest BCUT2D eigenvalue weighted by Gasteiger charge is -2.18. The van der Waals surface area contributed by atoms with Crippen LogP contribution in [-0.4, -0.2) is 27.4 Å². The number of benzene rings is 2. The number of rotatable bonds is 8. The quantitative estimate of drug-likeness (QED) is 0.323. The van der Waals surface area contributed by atoms with Gasteiger partial charge in [-0.05, 0) is 31.0 Å². The number of para-hydroxylation sites is 1. The lowest BCUT2D eigenvalue weighted by atomic mass is 10.2. The molecule has 1 atom stereocenters. The lowest BCUT2D eigenvalue weighted by molar-refractivity contribution is -0.142. The minimum atomic E-state index is -0.389. The molecule has 3 aromatic rings. The molecule has 1 aromatic heterocycles. The van der Waals surface area contributed by atoms with Gasteiger partial charge in [0.1, 0.15) is 5.25 Å². The van der Waals surface area contributed by atoms with E-state index < -0.39 is 0 Å². The van der Waals surface area contributed by atoms with Crippen molar-refractivity contribution < 1.29 is 9.53 Å². The van der Waals surface area contributed by atoms with Crippen LogP contribution in [-0.2, 0) is 16.1 Å². The Morgan fingerprint density at radius 1 is 1.11 bits per heavy atom. The molecule has 1 heterocycles. The Hall–Kier alpha value is -2.60. The van der Waals surface area contributed by atoms with Crippen molar-refractivity contribution in [1.82, 2.24) is 9.55 Å². The predicted molar refractivity (Wildman–Crippen MR) is 113 cm³/mol. The third kappa shape index (κ3) is 4.62. The van der Waals surface area contributed by atoms with Gasteiger partial charge in [-0.15, -0.1) is 0 Å². The first-order valence-electron chi connectivity index (χ1n) is 9.50. The molecule has 0 saturated carbocycles. The van der Waals surface area contributed by atoms with Crippen LogP contribution in [0.3, 0.4) is 0 Å². The molecule has 0 saturated heterocycles. The largest absolute Gasteiger partial charge is 0.465 e. The molecule has 0 spiro atoms. The van der Waals surface area contributed by atoms with Gasteiger partial charge in [0.25, 0.3) is 5.56 Å². The second kappa shape index (κ2) is 9.55. The summed E-state index contributed by atoms with van der Waals surface area (Å²) in [5.41, 5.74) is 1.54. The lowest BCUT2D eigenvalue weighted by Crippen LogP contribution is -2.27. The van der Waals surface area contributed by atoms with Gasteiger partial charge in [0.05, 0.1) is 24.1 Å². The maximum Gasteiger partial charge on any atom is 0.319 e. The highest BCUT2D eigenvalue weighted by atomic mass is 32.2. The average molecular weight is 397 g/mol. The fraction of sp³-hybridized carbons (Fsp3) is 0.318. The topological polar surface area (TPSA) is 61.2 Å². The number of hydrogen-bond acceptors (Lipinski definition) is 5. The van der Waals surface area contributed by atoms with Gasteiger partial charge < -0.3 is 4.74 Å². The summed E-state index contributed by atoms with van der Waals surface area (Å²) in [7, 11) is 0. The minimum Gasteiger partial charge on any atom is -0.465 e. The molecule has 146 valence electrons. The summed E-state index contributed by atoms with van der Waals surface area (Å²) >= 11 is 1.31. The molecule has 0 amide bonds. The van der Waals surface area contributed by atoms with Crippen molar-refractivity contribution in [1.29, 1.82) is 0 Å². The minimum absolute atomic E-state index is 0.101. The van der Waals surface area contributed by atoms with E-state index in [-0.39, 0.29) is 16.8 Å². The summed E-state index contributed by atoms with van der Waals surface area (Å²) in [5, 5.41) is 0.727. The average Bonchev–Trinajstić information content (AvgIpc) is 2.71. The Balaban J connectivity index is 2.07. The number of esters is 1. The van der Waals surface area contributed by atoms with Crippen LogP contribution < -0.4 is 5.56 Å². The molecule has 2 aromatic carbocycles. The molecule has 0 aliphatic carbocycles. The van der Waals surface area contributed by atoms with Crippen molar-refractivity contribution >= 4 is 28.6 Å². The van der Waals surface area contributed by atoms with Gasteiger partial charge >= 0.3 is 5.97 Å². The standard InChI is InChI=1S/C22H24N2O3S/c1-3-10-19(21(26)27-4-2)28-22-23-18-14-9-8-13-17(18)20(25)24(22)15-16-11-6-5-7-12-16/h5-9,11-14,19H,3-4,10,15H2,1-2H3/t19-/m0/s1. The normalized spacial score (nSPS) is 12.1. The fourth-order valence-electron chi connectivity index (χ4n) is 2.99. The van der Waals surface area contributed by atoms with Crippen molar-refractivity contribution in [3.63, 3.8) is 0 Å². The summed E-state index contributed by atoms with van der Waals surface area (Å²) in [6.07, 6.45) is 1.50. The number of fused-ring (bicyclic) bond motifs is 1. The smallest absolute Gasteiger partial charge is 0.319 e. The Morgan fingerprint density at radius 3 is 2.54 bits per heavy atom. The van der Waals surface area contributed by atoms with Crippen molar-refractivity contribution in [3.05, 3.63) is 70.5 Å². The SMILES string of the molecule is CCC[C@H](Sc1nc2ccccc2c(=O)n1Cc1ccccc1)C(=O)OCC. The molecule has 0 bridgehead atoms.